The van der Waals surface area contributed by atoms with Gasteiger partial charge in [0.15, 0.2) is 5.65 Å². The molecule has 1 aliphatic heterocycles. The summed E-state index contributed by atoms with van der Waals surface area (Å²) >= 11 is 9.51. The van der Waals surface area contributed by atoms with E-state index < -0.39 is 0 Å². The Morgan fingerprint density at radius 3 is 3.10 bits per heavy atom. The first-order valence-corrected chi connectivity index (χ1v) is 8.36. The van der Waals surface area contributed by atoms with Gasteiger partial charge in [-0.1, -0.05) is 6.92 Å². The fraction of sp³-hybridized carbons (Fsp3) is 0.571. The van der Waals surface area contributed by atoms with Crippen LogP contribution in [0.4, 0.5) is 0 Å². The largest absolute Gasteiger partial charge is 0.310 e. The molecule has 0 aliphatic carbocycles. The van der Waals surface area contributed by atoms with Gasteiger partial charge in [0.25, 0.3) is 0 Å². The summed E-state index contributed by atoms with van der Waals surface area (Å²) in [5.74, 6) is 1.34. The molecule has 0 spiro atoms. The van der Waals surface area contributed by atoms with E-state index in [1.165, 1.54) is 19.4 Å². The summed E-state index contributed by atoms with van der Waals surface area (Å²) in [6.07, 6.45) is 4.34. The number of pyridine rings is 1. The number of aromatic nitrogens is 3. The fourth-order valence-electron chi connectivity index (χ4n) is 3.06. The van der Waals surface area contributed by atoms with Gasteiger partial charge < -0.3 is 4.57 Å². The van der Waals surface area contributed by atoms with E-state index in [0.29, 0.717) is 11.9 Å². The van der Waals surface area contributed by atoms with Crippen molar-refractivity contribution in [2.24, 2.45) is 0 Å². The predicted octanol–water partition coefficient (Wildman–Crippen LogP) is 3.42. The van der Waals surface area contributed by atoms with E-state index in [9.17, 15) is 0 Å². The number of hydrogen-bond acceptors (Lipinski definition) is 3. The zero-order chi connectivity index (χ0) is 14.1. The molecule has 4 nitrogen and oxygen atoms in total. The molecular formula is C14H18BrClN4. The maximum atomic E-state index is 6.06. The van der Waals surface area contributed by atoms with Crippen LogP contribution in [0, 0.1) is 0 Å². The van der Waals surface area contributed by atoms with Crippen molar-refractivity contribution in [3.63, 3.8) is 0 Å². The third kappa shape index (κ3) is 2.59. The molecule has 3 heterocycles. The molecule has 0 N–H and O–H groups in total. The van der Waals surface area contributed by atoms with E-state index in [-0.39, 0.29) is 0 Å². The topological polar surface area (TPSA) is 34.0 Å². The van der Waals surface area contributed by atoms with Crippen LogP contribution < -0.4 is 0 Å². The van der Waals surface area contributed by atoms with Gasteiger partial charge in [0.1, 0.15) is 11.3 Å². The summed E-state index contributed by atoms with van der Waals surface area (Å²) in [4.78, 5) is 11.7. The minimum absolute atomic E-state index is 0.423. The molecule has 2 aromatic heterocycles. The number of rotatable bonds is 4. The van der Waals surface area contributed by atoms with Gasteiger partial charge in [0.2, 0.25) is 0 Å². The van der Waals surface area contributed by atoms with Crippen molar-refractivity contribution >= 4 is 38.7 Å². The Kier molecular flexibility index (Phi) is 4.29. The van der Waals surface area contributed by atoms with Gasteiger partial charge in [-0.05, 0) is 47.9 Å². The molecular weight excluding hydrogens is 340 g/mol. The highest BCUT2D eigenvalue weighted by atomic mass is 79.9. The average molecular weight is 358 g/mol. The van der Waals surface area contributed by atoms with Gasteiger partial charge in [0, 0.05) is 23.3 Å². The maximum absolute atomic E-state index is 6.06. The number of hydrogen-bond donors (Lipinski definition) is 0. The van der Waals surface area contributed by atoms with Crippen molar-refractivity contribution in [2.45, 2.75) is 38.2 Å². The number of likely N-dealkylation sites (tertiary alicyclic amines) is 1. The molecule has 1 unspecified atom stereocenters. The Hall–Kier alpha value is -0.650. The number of imidazole rings is 1. The summed E-state index contributed by atoms with van der Waals surface area (Å²) in [6, 6.07) is 2.58. The molecule has 3 rings (SSSR count). The maximum Gasteiger partial charge on any atom is 0.160 e. The first kappa shape index (κ1) is 14.3. The molecule has 20 heavy (non-hydrogen) atoms. The first-order valence-electron chi connectivity index (χ1n) is 7.03. The third-order valence-corrected chi connectivity index (χ3v) is 4.72. The molecule has 0 radical (unpaired) electrons. The third-order valence-electron chi connectivity index (χ3n) is 4.05. The van der Waals surface area contributed by atoms with Crippen LogP contribution in [0.25, 0.3) is 11.2 Å². The zero-order valence-electron chi connectivity index (χ0n) is 11.5. The molecule has 0 aromatic carbocycles. The van der Waals surface area contributed by atoms with Crippen LogP contribution in [0.1, 0.15) is 25.6 Å². The van der Waals surface area contributed by atoms with Crippen molar-refractivity contribution in [3.8, 4) is 0 Å². The van der Waals surface area contributed by atoms with Gasteiger partial charge >= 0.3 is 0 Å². The van der Waals surface area contributed by atoms with Crippen molar-refractivity contribution < 1.29 is 0 Å². The predicted molar refractivity (Wildman–Crippen MR) is 85.1 cm³/mol. The molecule has 1 aliphatic rings. The van der Waals surface area contributed by atoms with Crippen LogP contribution in [-0.2, 0) is 12.4 Å². The Morgan fingerprint density at radius 2 is 2.35 bits per heavy atom. The lowest BCUT2D eigenvalue weighted by Gasteiger charge is -2.23. The number of halogens is 2. The van der Waals surface area contributed by atoms with Gasteiger partial charge in [-0.15, -0.1) is 11.6 Å². The van der Waals surface area contributed by atoms with E-state index in [4.69, 9.17) is 11.6 Å². The van der Waals surface area contributed by atoms with Crippen molar-refractivity contribution in [1.82, 2.24) is 19.4 Å². The van der Waals surface area contributed by atoms with Gasteiger partial charge in [-0.2, -0.15) is 0 Å². The molecule has 108 valence electrons. The monoisotopic (exact) mass is 356 g/mol. The molecule has 1 fully saturated rings. The minimum Gasteiger partial charge on any atom is -0.310 e. The van der Waals surface area contributed by atoms with E-state index in [0.717, 1.165) is 34.6 Å². The molecule has 0 bridgehead atoms. The molecule has 0 saturated carbocycles. The Bertz CT molecular complexity index is 612. The van der Waals surface area contributed by atoms with E-state index in [1.807, 2.05) is 12.3 Å². The number of likely N-dealkylation sites (N-methyl/N-ethyl adjacent to an activating group) is 1. The number of nitrogens with zero attached hydrogens (tertiary/aromatic N) is 4. The summed E-state index contributed by atoms with van der Waals surface area (Å²) in [5.41, 5.74) is 1.85. The van der Waals surface area contributed by atoms with E-state index >= 15 is 0 Å². The molecule has 1 saturated heterocycles. The van der Waals surface area contributed by atoms with Crippen LogP contribution in [-0.4, -0.2) is 38.6 Å². The summed E-state index contributed by atoms with van der Waals surface area (Å²) in [7, 11) is 0. The van der Waals surface area contributed by atoms with E-state index in [1.54, 1.807) is 0 Å². The average Bonchev–Trinajstić information content (AvgIpc) is 3.03. The molecule has 1 atom stereocenters. The second kappa shape index (κ2) is 6.00. The molecule has 0 amide bonds. The van der Waals surface area contributed by atoms with Gasteiger partial charge in [-0.25, -0.2) is 9.97 Å². The Labute approximate surface area is 132 Å². The standard InChI is InChI=1S/C14H18BrClN4/c1-2-19-5-3-4-11(19)9-20-13(7-16)18-12-6-10(15)8-17-14(12)20/h6,8,11H,2-5,7,9H2,1H3. The number of fused-ring (bicyclic) bond motifs is 1. The smallest absolute Gasteiger partial charge is 0.160 e. The molecule has 6 heteroatoms. The van der Waals surface area contributed by atoms with Crippen LogP contribution in [0.3, 0.4) is 0 Å². The van der Waals surface area contributed by atoms with Gasteiger partial charge in [-0.3, -0.25) is 4.90 Å². The minimum atomic E-state index is 0.423. The SMILES string of the molecule is CCN1CCCC1Cn1c(CCl)nc2cc(Br)cnc21. The highest BCUT2D eigenvalue weighted by Gasteiger charge is 2.25. The van der Waals surface area contributed by atoms with E-state index in [2.05, 4.69) is 42.3 Å². The number of alkyl halides is 1. The van der Waals surface area contributed by atoms with Gasteiger partial charge in [0.05, 0.1) is 5.88 Å². The fourth-order valence-corrected chi connectivity index (χ4v) is 3.58. The summed E-state index contributed by atoms with van der Waals surface area (Å²) < 4.78 is 3.14. The van der Waals surface area contributed by atoms with Crippen LogP contribution in [0.15, 0.2) is 16.7 Å². The highest BCUT2D eigenvalue weighted by Crippen LogP contribution is 2.24. The Morgan fingerprint density at radius 1 is 1.50 bits per heavy atom. The zero-order valence-corrected chi connectivity index (χ0v) is 13.9. The lowest BCUT2D eigenvalue weighted by Crippen LogP contribution is -2.33. The van der Waals surface area contributed by atoms with Crippen molar-refractivity contribution in [1.29, 1.82) is 0 Å². The van der Waals surface area contributed by atoms with Crippen molar-refractivity contribution in [3.05, 3.63) is 22.6 Å². The lowest BCUT2D eigenvalue weighted by atomic mass is 10.2. The Balaban J connectivity index is 1.97. The van der Waals surface area contributed by atoms with Crippen molar-refractivity contribution in [2.75, 3.05) is 13.1 Å². The lowest BCUT2D eigenvalue weighted by molar-refractivity contribution is 0.244. The first-order chi connectivity index (χ1) is 9.72. The summed E-state index contributed by atoms with van der Waals surface area (Å²) in [5, 5.41) is 0. The van der Waals surface area contributed by atoms with Crippen LogP contribution in [0.5, 0.6) is 0 Å². The second-order valence-corrected chi connectivity index (χ2v) is 6.38. The quantitative estimate of drug-likeness (QED) is 0.786. The normalized spacial score (nSPS) is 20.1. The van der Waals surface area contributed by atoms with Crippen LogP contribution >= 0.6 is 27.5 Å². The second-order valence-electron chi connectivity index (χ2n) is 5.19. The van der Waals surface area contributed by atoms with Crippen LogP contribution in [0.2, 0.25) is 0 Å². The highest BCUT2D eigenvalue weighted by molar-refractivity contribution is 9.10. The molecule has 2 aromatic rings. The summed E-state index contributed by atoms with van der Waals surface area (Å²) in [6.45, 7) is 5.46.